The van der Waals surface area contributed by atoms with Gasteiger partial charge in [-0.1, -0.05) is 0 Å². The van der Waals surface area contributed by atoms with Gasteiger partial charge in [0.05, 0.1) is 6.54 Å². The predicted molar refractivity (Wildman–Crippen MR) is 58.4 cm³/mol. The summed E-state index contributed by atoms with van der Waals surface area (Å²) in [5.41, 5.74) is 0.284. The number of furan rings is 1. The maximum absolute atomic E-state index is 8.91. The van der Waals surface area contributed by atoms with Crippen LogP contribution in [0.1, 0.15) is 38.2 Å². The molecule has 15 heavy (non-hydrogen) atoms. The minimum atomic E-state index is -0.0105. The van der Waals surface area contributed by atoms with E-state index in [9.17, 15) is 0 Å². The minimum absolute atomic E-state index is 0.0105. The summed E-state index contributed by atoms with van der Waals surface area (Å²) in [7, 11) is 0. The first-order valence-electron chi connectivity index (χ1n) is 5.55. The SMILES string of the molecule is CC1(C)CCCN1Cc1ccc(CO)o1. The molecule has 0 bridgehead atoms. The first kappa shape index (κ1) is 10.7. The van der Waals surface area contributed by atoms with E-state index in [-0.39, 0.29) is 12.1 Å². The van der Waals surface area contributed by atoms with Crippen molar-refractivity contribution in [2.45, 2.75) is 45.4 Å². The Morgan fingerprint density at radius 2 is 2.13 bits per heavy atom. The molecule has 0 amide bonds. The van der Waals surface area contributed by atoms with Crippen molar-refractivity contribution in [3.05, 3.63) is 23.7 Å². The van der Waals surface area contributed by atoms with Crippen LogP contribution in [0.5, 0.6) is 0 Å². The van der Waals surface area contributed by atoms with Gasteiger partial charge in [-0.3, -0.25) is 4.90 Å². The summed E-state index contributed by atoms with van der Waals surface area (Å²) in [5, 5.41) is 8.91. The number of aliphatic hydroxyl groups is 1. The van der Waals surface area contributed by atoms with E-state index in [1.807, 2.05) is 12.1 Å². The van der Waals surface area contributed by atoms with E-state index in [2.05, 4.69) is 18.7 Å². The van der Waals surface area contributed by atoms with E-state index in [4.69, 9.17) is 9.52 Å². The van der Waals surface area contributed by atoms with Gasteiger partial charge in [-0.15, -0.1) is 0 Å². The second-order valence-electron chi connectivity index (χ2n) is 4.86. The van der Waals surface area contributed by atoms with E-state index in [0.717, 1.165) is 18.8 Å². The van der Waals surface area contributed by atoms with Crippen LogP contribution in [0, 0.1) is 0 Å². The molecule has 1 aromatic heterocycles. The molecule has 3 heteroatoms. The molecule has 2 heterocycles. The average molecular weight is 209 g/mol. The first-order valence-corrected chi connectivity index (χ1v) is 5.55. The minimum Gasteiger partial charge on any atom is -0.462 e. The Labute approximate surface area is 90.7 Å². The third kappa shape index (κ3) is 2.24. The third-order valence-corrected chi connectivity index (χ3v) is 3.29. The number of hydrogen-bond acceptors (Lipinski definition) is 3. The van der Waals surface area contributed by atoms with Gasteiger partial charge in [0.1, 0.15) is 18.1 Å². The van der Waals surface area contributed by atoms with Crippen LogP contribution in [0.4, 0.5) is 0 Å². The van der Waals surface area contributed by atoms with Crippen molar-refractivity contribution >= 4 is 0 Å². The molecule has 2 rings (SSSR count). The number of hydrogen-bond donors (Lipinski definition) is 1. The molecular weight excluding hydrogens is 190 g/mol. The average Bonchev–Trinajstić information content (AvgIpc) is 2.75. The monoisotopic (exact) mass is 209 g/mol. The van der Waals surface area contributed by atoms with Gasteiger partial charge >= 0.3 is 0 Å². The summed E-state index contributed by atoms with van der Waals surface area (Å²) in [6.45, 7) is 6.53. The van der Waals surface area contributed by atoms with Crippen molar-refractivity contribution in [2.75, 3.05) is 6.54 Å². The van der Waals surface area contributed by atoms with Crippen LogP contribution < -0.4 is 0 Å². The van der Waals surface area contributed by atoms with E-state index >= 15 is 0 Å². The molecule has 3 nitrogen and oxygen atoms in total. The lowest BCUT2D eigenvalue weighted by molar-refractivity contribution is 0.150. The van der Waals surface area contributed by atoms with Gasteiger partial charge in [0.15, 0.2) is 0 Å². The zero-order valence-corrected chi connectivity index (χ0v) is 9.49. The maximum atomic E-state index is 8.91. The van der Waals surface area contributed by atoms with Gasteiger partial charge in [0, 0.05) is 5.54 Å². The molecule has 1 aliphatic heterocycles. The second-order valence-corrected chi connectivity index (χ2v) is 4.86. The summed E-state index contributed by atoms with van der Waals surface area (Å²) >= 11 is 0. The Hall–Kier alpha value is -0.800. The highest BCUT2D eigenvalue weighted by Crippen LogP contribution is 2.29. The van der Waals surface area contributed by atoms with E-state index < -0.39 is 0 Å². The Morgan fingerprint density at radius 3 is 2.67 bits per heavy atom. The molecular formula is C12H19NO2. The zero-order chi connectivity index (χ0) is 10.9. The quantitative estimate of drug-likeness (QED) is 0.828. The molecule has 0 atom stereocenters. The summed E-state index contributed by atoms with van der Waals surface area (Å²) in [4.78, 5) is 2.44. The third-order valence-electron chi connectivity index (χ3n) is 3.29. The van der Waals surface area contributed by atoms with E-state index in [1.54, 1.807) is 0 Å². The van der Waals surface area contributed by atoms with Crippen LogP contribution >= 0.6 is 0 Å². The molecule has 1 aliphatic rings. The van der Waals surface area contributed by atoms with Gasteiger partial charge in [0.25, 0.3) is 0 Å². The Morgan fingerprint density at radius 1 is 1.40 bits per heavy atom. The lowest BCUT2D eigenvalue weighted by atomic mass is 10.0. The topological polar surface area (TPSA) is 36.6 Å². The summed E-state index contributed by atoms with van der Waals surface area (Å²) < 4.78 is 5.50. The predicted octanol–water partition coefficient (Wildman–Crippen LogP) is 2.15. The number of likely N-dealkylation sites (tertiary alicyclic amines) is 1. The molecule has 1 fully saturated rings. The van der Waals surface area contributed by atoms with Crippen molar-refractivity contribution in [1.29, 1.82) is 0 Å². The molecule has 0 aromatic carbocycles. The van der Waals surface area contributed by atoms with Crippen LogP contribution in [-0.2, 0) is 13.2 Å². The Bertz CT molecular complexity index is 330. The van der Waals surface area contributed by atoms with Gasteiger partial charge in [-0.05, 0) is 45.4 Å². The normalized spacial score (nSPS) is 21.0. The zero-order valence-electron chi connectivity index (χ0n) is 9.49. The first-order chi connectivity index (χ1) is 7.12. The molecule has 1 aromatic rings. The molecule has 0 radical (unpaired) electrons. The number of rotatable bonds is 3. The van der Waals surface area contributed by atoms with Crippen LogP contribution in [0.25, 0.3) is 0 Å². The van der Waals surface area contributed by atoms with E-state index in [1.165, 1.54) is 12.8 Å². The molecule has 1 saturated heterocycles. The smallest absolute Gasteiger partial charge is 0.129 e. The fourth-order valence-electron chi connectivity index (χ4n) is 2.24. The lowest BCUT2D eigenvalue weighted by Gasteiger charge is -2.30. The van der Waals surface area contributed by atoms with Crippen LogP contribution in [0.15, 0.2) is 16.5 Å². The fraction of sp³-hybridized carbons (Fsp3) is 0.667. The second kappa shape index (κ2) is 3.99. The molecule has 0 aliphatic carbocycles. The van der Waals surface area contributed by atoms with Gasteiger partial charge in [0.2, 0.25) is 0 Å². The van der Waals surface area contributed by atoms with Crippen molar-refractivity contribution in [3.8, 4) is 0 Å². The van der Waals surface area contributed by atoms with Crippen LogP contribution in [0.3, 0.4) is 0 Å². The number of nitrogens with zero attached hydrogens (tertiary/aromatic N) is 1. The Balaban J connectivity index is 2.02. The summed E-state index contributed by atoms with van der Waals surface area (Å²) in [5.74, 6) is 1.61. The van der Waals surface area contributed by atoms with Crippen molar-refractivity contribution in [1.82, 2.24) is 4.90 Å². The molecule has 0 spiro atoms. The fourth-order valence-corrected chi connectivity index (χ4v) is 2.24. The van der Waals surface area contributed by atoms with E-state index in [0.29, 0.717) is 5.76 Å². The lowest BCUT2D eigenvalue weighted by Crippen LogP contribution is -2.37. The maximum Gasteiger partial charge on any atom is 0.129 e. The summed E-state index contributed by atoms with van der Waals surface area (Å²) in [6, 6.07) is 3.80. The van der Waals surface area contributed by atoms with Crippen molar-refractivity contribution < 1.29 is 9.52 Å². The molecule has 84 valence electrons. The highest BCUT2D eigenvalue weighted by atomic mass is 16.4. The standard InChI is InChI=1S/C12H19NO2/c1-12(2)6-3-7-13(12)8-10-4-5-11(9-14)15-10/h4-5,14H,3,6-9H2,1-2H3. The van der Waals surface area contributed by atoms with Gasteiger partial charge in [-0.2, -0.15) is 0 Å². The van der Waals surface area contributed by atoms with Crippen LogP contribution in [-0.4, -0.2) is 22.1 Å². The highest BCUT2D eigenvalue weighted by Gasteiger charge is 2.32. The molecule has 1 N–H and O–H groups in total. The highest BCUT2D eigenvalue weighted by molar-refractivity contribution is 5.07. The summed E-state index contributed by atoms with van der Waals surface area (Å²) in [6.07, 6.45) is 2.52. The number of aliphatic hydroxyl groups excluding tert-OH is 1. The Kier molecular flexibility index (Phi) is 2.85. The van der Waals surface area contributed by atoms with Crippen LogP contribution in [0.2, 0.25) is 0 Å². The molecule has 0 unspecified atom stereocenters. The van der Waals surface area contributed by atoms with Gasteiger partial charge in [-0.25, -0.2) is 0 Å². The molecule has 0 saturated carbocycles. The largest absolute Gasteiger partial charge is 0.462 e. The van der Waals surface area contributed by atoms with Crippen molar-refractivity contribution in [2.24, 2.45) is 0 Å². The van der Waals surface area contributed by atoms with Gasteiger partial charge < -0.3 is 9.52 Å². The van der Waals surface area contributed by atoms with Crippen molar-refractivity contribution in [3.63, 3.8) is 0 Å².